The highest BCUT2D eigenvalue weighted by molar-refractivity contribution is 7.98. The maximum absolute atomic E-state index is 6.15. The molecule has 0 saturated heterocycles. The van der Waals surface area contributed by atoms with Gasteiger partial charge in [0.1, 0.15) is 15.1 Å². The van der Waals surface area contributed by atoms with Crippen molar-refractivity contribution in [3.8, 4) is 22.5 Å². The molecule has 3 heterocycles. The fourth-order valence-electron chi connectivity index (χ4n) is 2.20. The van der Waals surface area contributed by atoms with Crippen LogP contribution in [-0.4, -0.2) is 39.0 Å². The summed E-state index contributed by atoms with van der Waals surface area (Å²) < 4.78 is 5.15. The molecular formula is C17H16ClN5O2S2. The zero-order chi connectivity index (χ0) is 19.4. The number of halogens is 1. The van der Waals surface area contributed by atoms with Gasteiger partial charge in [-0.05, 0) is 32.2 Å². The summed E-state index contributed by atoms with van der Waals surface area (Å²) in [6.45, 7) is 3.77. The Morgan fingerprint density at radius 1 is 1.30 bits per heavy atom. The van der Waals surface area contributed by atoms with E-state index in [0.29, 0.717) is 15.8 Å². The number of hydrogen-bond donors (Lipinski definition) is 0. The van der Waals surface area contributed by atoms with Crippen LogP contribution in [0.2, 0.25) is 5.02 Å². The second-order valence-electron chi connectivity index (χ2n) is 5.28. The summed E-state index contributed by atoms with van der Waals surface area (Å²) in [5, 5.41) is 5.93. The van der Waals surface area contributed by atoms with E-state index in [-0.39, 0.29) is 11.9 Å². The van der Waals surface area contributed by atoms with E-state index in [9.17, 15) is 0 Å². The minimum absolute atomic E-state index is 0.0644. The standard InChI is InChI=1S/C17H16ClN5O2S2/c1-9-13(27-15(20-9)11-6-5-7-19-8-11)10(2)23-25-17-21-14(24-3)12(18)16(22-17)26-4/h5-8H,1-4H3. The smallest absolute Gasteiger partial charge is 0.350 e. The number of oxime groups is 1. The number of ether oxygens (including phenoxy) is 1. The Balaban J connectivity index is 1.86. The van der Waals surface area contributed by atoms with Crippen LogP contribution in [-0.2, 0) is 0 Å². The Bertz CT molecular complexity index is 954. The van der Waals surface area contributed by atoms with E-state index in [1.54, 1.807) is 12.4 Å². The molecule has 0 fully saturated rings. The molecule has 3 aromatic rings. The molecule has 3 rings (SSSR count). The normalized spacial score (nSPS) is 11.5. The summed E-state index contributed by atoms with van der Waals surface area (Å²) in [7, 11) is 1.48. The molecule has 0 radical (unpaired) electrons. The van der Waals surface area contributed by atoms with Crippen molar-refractivity contribution in [1.82, 2.24) is 19.9 Å². The molecule has 0 amide bonds. The monoisotopic (exact) mass is 421 g/mol. The van der Waals surface area contributed by atoms with Gasteiger partial charge in [-0.15, -0.1) is 23.1 Å². The molecule has 7 nitrogen and oxygen atoms in total. The Morgan fingerprint density at radius 2 is 2.11 bits per heavy atom. The minimum Gasteiger partial charge on any atom is -0.480 e. The third-order valence-electron chi connectivity index (χ3n) is 3.45. The summed E-state index contributed by atoms with van der Waals surface area (Å²) in [6, 6.07) is 3.91. The molecule has 0 aliphatic rings. The number of pyridine rings is 1. The lowest BCUT2D eigenvalue weighted by atomic mass is 10.3. The van der Waals surface area contributed by atoms with Gasteiger partial charge in [0.15, 0.2) is 0 Å². The Kier molecular flexibility index (Phi) is 6.25. The van der Waals surface area contributed by atoms with E-state index in [4.69, 9.17) is 21.2 Å². The van der Waals surface area contributed by atoms with Gasteiger partial charge in [-0.25, -0.2) is 4.98 Å². The highest BCUT2D eigenvalue weighted by Gasteiger charge is 2.15. The van der Waals surface area contributed by atoms with Gasteiger partial charge in [0, 0.05) is 18.0 Å². The lowest BCUT2D eigenvalue weighted by Gasteiger charge is -2.07. The largest absolute Gasteiger partial charge is 0.480 e. The van der Waals surface area contributed by atoms with Crippen molar-refractivity contribution in [2.75, 3.05) is 13.4 Å². The highest BCUT2D eigenvalue weighted by Crippen LogP contribution is 2.32. The molecule has 3 aromatic heterocycles. The van der Waals surface area contributed by atoms with Crippen molar-refractivity contribution in [2.45, 2.75) is 18.9 Å². The Labute approximate surface area is 169 Å². The summed E-state index contributed by atoms with van der Waals surface area (Å²) >= 11 is 9.04. The molecule has 0 unspecified atom stereocenters. The molecule has 0 aliphatic carbocycles. The second-order valence-corrected chi connectivity index (χ2v) is 7.45. The fraction of sp³-hybridized carbons (Fsp3) is 0.235. The third-order valence-corrected chi connectivity index (χ3v) is 5.90. The van der Waals surface area contributed by atoms with Crippen LogP contribution in [0.1, 0.15) is 17.5 Å². The number of thiazole rings is 1. The van der Waals surface area contributed by atoms with Crippen molar-refractivity contribution >= 4 is 40.4 Å². The van der Waals surface area contributed by atoms with Crippen LogP contribution < -0.4 is 9.57 Å². The number of aryl methyl sites for hydroxylation is 1. The van der Waals surface area contributed by atoms with E-state index in [1.807, 2.05) is 32.2 Å². The van der Waals surface area contributed by atoms with Crippen molar-refractivity contribution in [2.24, 2.45) is 5.16 Å². The number of nitrogens with zero attached hydrogens (tertiary/aromatic N) is 5. The Hall–Kier alpha value is -2.23. The van der Waals surface area contributed by atoms with Crippen LogP contribution in [0.5, 0.6) is 11.9 Å². The van der Waals surface area contributed by atoms with E-state index < -0.39 is 0 Å². The lowest BCUT2D eigenvalue weighted by Crippen LogP contribution is -2.01. The molecule has 140 valence electrons. The molecule has 10 heteroatoms. The molecule has 0 N–H and O–H groups in total. The number of aromatic nitrogens is 4. The van der Waals surface area contributed by atoms with Gasteiger partial charge in [0.2, 0.25) is 5.88 Å². The fourth-order valence-corrected chi connectivity index (χ4v) is 4.02. The lowest BCUT2D eigenvalue weighted by molar-refractivity contribution is 0.299. The van der Waals surface area contributed by atoms with Gasteiger partial charge in [-0.1, -0.05) is 16.8 Å². The quantitative estimate of drug-likeness (QED) is 0.251. The molecule has 27 heavy (non-hydrogen) atoms. The molecular weight excluding hydrogens is 406 g/mol. The van der Waals surface area contributed by atoms with Gasteiger partial charge in [-0.3, -0.25) is 4.98 Å². The minimum atomic E-state index is 0.0644. The maximum atomic E-state index is 6.15. The van der Waals surface area contributed by atoms with Crippen LogP contribution in [0, 0.1) is 6.92 Å². The van der Waals surface area contributed by atoms with Crippen LogP contribution in [0.15, 0.2) is 34.7 Å². The van der Waals surface area contributed by atoms with Crippen molar-refractivity contribution in [1.29, 1.82) is 0 Å². The molecule has 0 aromatic carbocycles. The van der Waals surface area contributed by atoms with Crippen molar-refractivity contribution in [3.63, 3.8) is 0 Å². The summed E-state index contributed by atoms with van der Waals surface area (Å²) in [4.78, 5) is 23.4. The maximum Gasteiger partial charge on any atom is 0.350 e. The first-order valence-electron chi connectivity index (χ1n) is 7.78. The molecule has 0 bridgehead atoms. The van der Waals surface area contributed by atoms with Gasteiger partial charge < -0.3 is 9.57 Å². The average Bonchev–Trinajstić information content (AvgIpc) is 3.09. The Morgan fingerprint density at radius 3 is 2.78 bits per heavy atom. The van der Waals surface area contributed by atoms with Crippen molar-refractivity contribution < 1.29 is 9.57 Å². The highest BCUT2D eigenvalue weighted by atomic mass is 35.5. The number of hydrogen-bond acceptors (Lipinski definition) is 9. The first-order chi connectivity index (χ1) is 13.0. The third kappa shape index (κ3) is 4.37. The van der Waals surface area contributed by atoms with Crippen LogP contribution in [0.25, 0.3) is 10.6 Å². The van der Waals surface area contributed by atoms with Gasteiger partial charge in [0.05, 0.1) is 23.4 Å². The second kappa shape index (κ2) is 8.64. The predicted molar refractivity (Wildman–Crippen MR) is 108 cm³/mol. The predicted octanol–water partition coefficient (Wildman–Crippen LogP) is 4.49. The number of rotatable bonds is 6. The molecule has 0 spiro atoms. The average molecular weight is 422 g/mol. The first kappa shape index (κ1) is 19.5. The van der Waals surface area contributed by atoms with E-state index >= 15 is 0 Å². The zero-order valence-corrected chi connectivity index (χ0v) is 17.4. The SMILES string of the molecule is COc1nc(ON=C(C)c2sc(-c3cccnc3)nc2C)nc(SC)c1Cl. The van der Waals surface area contributed by atoms with Gasteiger partial charge in [0.25, 0.3) is 0 Å². The van der Waals surface area contributed by atoms with E-state index in [0.717, 1.165) is 21.1 Å². The number of methoxy groups -OCH3 is 1. The van der Waals surface area contributed by atoms with E-state index in [2.05, 4.69) is 25.1 Å². The summed E-state index contributed by atoms with van der Waals surface area (Å²) in [6.07, 6.45) is 5.37. The molecule has 0 atom stereocenters. The molecule has 0 saturated carbocycles. The summed E-state index contributed by atoms with van der Waals surface area (Å²) in [5.74, 6) is 0.242. The van der Waals surface area contributed by atoms with Gasteiger partial charge >= 0.3 is 6.01 Å². The zero-order valence-electron chi connectivity index (χ0n) is 15.1. The topological polar surface area (TPSA) is 82.4 Å². The number of thioether (sulfide) groups is 1. The first-order valence-corrected chi connectivity index (χ1v) is 10.2. The molecule has 0 aliphatic heterocycles. The van der Waals surface area contributed by atoms with Crippen LogP contribution >= 0.6 is 34.7 Å². The van der Waals surface area contributed by atoms with Crippen LogP contribution in [0.4, 0.5) is 0 Å². The van der Waals surface area contributed by atoms with E-state index in [1.165, 1.54) is 30.2 Å². The van der Waals surface area contributed by atoms with Crippen molar-refractivity contribution in [3.05, 3.63) is 40.1 Å². The summed E-state index contributed by atoms with van der Waals surface area (Å²) in [5.41, 5.74) is 2.49. The van der Waals surface area contributed by atoms with Crippen LogP contribution in [0.3, 0.4) is 0 Å². The van der Waals surface area contributed by atoms with Gasteiger partial charge in [-0.2, -0.15) is 9.97 Å².